The molecule has 1 saturated heterocycles. The number of hydrogen-bond donors (Lipinski definition) is 0. The quantitative estimate of drug-likeness (QED) is 0.693. The van der Waals surface area contributed by atoms with E-state index < -0.39 is 0 Å². The van der Waals surface area contributed by atoms with E-state index in [1.807, 2.05) is 0 Å². The fourth-order valence-corrected chi connectivity index (χ4v) is 2.36. The van der Waals surface area contributed by atoms with Gasteiger partial charge in [-0.05, 0) is 20.8 Å². The SMILES string of the molecule is CC(C)(C)N1CC(N(CCCl)CCCl)C1. The summed E-state index contributed by atoms with van der Waals surface area (Å²) in [5.41, 5.74) is 0.296. The third-order valence-electron chi connectivity index (χ3n) is 3.07. The van der Waals surface area contributed by atoms with Gasteiger partial charge in [0, 0.05) is 49.5 Å². The smallest absolute Gasteiger partial charge is 0.0351 e. The second kappa shape index (κ2) is 5.72. The molecule has 1 heterocycles. The molecule has 0 saturated carbocycles. The Hall–Kier alpha value is 0.500. The lowest BCUT2D eigenvalue weighted by Gasteiger charge is -2.51. The van der Waals surface area contributed by atoms with E-state index in [9.17, 15) is 0 Å². The summed E-state index contributed by atoms with van der Waals surface area (Å²) in [6.07, 6.45) is 0. The molecule has 2 nitrogen and oxygen atoms in total. The van der Waals surface area contributed by atoms with Crippen molar-refractivity contribution in [2.24, 2.45) is 0 Å². The van der Waals surface area contributed by atoms with Crippen molar-refractivity contribution < 1.29 is 0 Å². The van der Waals surface area contributed by atoms with Gasteiger partial charge in [0.1, 0.15) is 0 Å². The summed E-state index contributed by atoms with van der Waals surface area (Å²) in [6.45, 7) is 11.0. The predicted molar refractivity (Wildman–Crippen MR) is 68.1 cm³/mol. The molecular weight excluding hydrogens is 231 g/mol. The zero-order valence-electron chi connectivity index (χ0n) is 9.97. The zero-order chi connectivity index (χ0) is 11.5. The lowest BCUT2D eigenvalue weighted by Crippen LogP contribution is -2.64. The maximum absolute atomic E-state index is 5.79. The van der Waals surface area contributed by atoms with Crippen LogP contribution in [0.3, 0.4) is 0 Å². The Labute approximate surface area is 104 Å². The van der Waals surface area contributed by atoms with Crippen LogP contribution < -0.4 is 0 Å². The van der Waals surface area contributed by atoms with E-state index in [0.717, 1.165) is 26.2 Å². The van der Waals surface area contributed by atoms with Crippen molar-refractivity contribution in [3.8, 4) is 0 Å². The highest BCUT2D eigenvalue weighted by Crippen LogP contribution is 2.24. The summed E-state index contributed by atoms with van der Waals surface area (Å²) >= 11 is 11.6. The number of halogens is 2. The molecule has 0 bridgehead atoms. The molecule has 1 rings (SSSR count). The van der Waals surface area contributed by atoms with Crippen LogP contribution in [0.25, 0.3) is 0 Å². The van der Waals surface area contributed by atoms with Crippen LogP contribution in [0, 0.1) is 0 Å². The molecule has 90 valence electrons. The van der Waals surface area contributed by atoms with Gasteiger partial charge in [-0.25, -0.2) is 0 Å². The maximum Gasteiger partial charge on any atom is 0.0351 e. The summed E-state index contributed by atoms with van der Waals surface area (Å²) < 4.78 is 0. The van der Waals surface area contributed by atoms with Crippen LogP contribution in [0.4, 0.5) is 0 Å². The summed E-state index contributed by atoms with van der Waals surface area (Å²) in [7, 11) is 0. The molecule has 1 fully saturated rings. The Balaban J connectivity index is 2.34. The van der Waals surface area contributed by atoms with Gasteiger partial charge in [-0.15, -0.1) is 23.2 Å². The van der Waals surface area contributed by atoms with E-state index in [1.54, 1.807) is 0 Å². The van der Waals surface area contributed by atoms with E-state index in [-0.39, 0.29) is 0 Å². The zero-order valence-corrected chi connectivity index (χ0v) is 11.5. The standard InChI is InChI=1S/C11H22Cl2N2/c1-11(2,3)15-8-10(9-15)14(6-4-12)7-5-13/h10H,4-9H2,1-3H3. The monoisotopic (exact) mass is 252 g/mol. The van der Waals surface area contributed by atoms with Crippen molar-refractivity contribution in [3.05, 3.63) is 0 Å². The van der Waals surface area contributed by atoms with Gasteiger partial charge in [0.2, 0.25) is 0 Å². The molecule has 0 aliphatic carbocycles. The van der Waals surface area contributed by atoms with Crippen LogP contribution in [-0.4, -0.2) is 59.3 Å². The molecule has 0 spiro atoms. The Kier molecular flexibility index (Phi) is 5.17. The minimum Gasteiger partial charge on any atom is -0.295 e. The van der Waals surface area contributed by atoms with Crippen molar-refractivity contribution in [1.82, 2.24) is 9.80 Å². The molecule has 1 aliphatic rings. The first-order valence-electron chi connectivity index (χ1n) is 5.60. The van der Waals surface area contributed by atoms with E-state index in [4.69, 9.17) is 23.2 Å². The highest BCUT2D eigenvalue weighted by Gasteiger charge is 2.36. The van der Waals surface area contributed by atoms with Gasteiger partial charge in [-0.1, -0.05) is 0 Å². The number of likely N-dealkylation sites (tertiary alicyclic amines) is 1. The van der Waals surface area contributed by atoms with Gasteiger partial charge in [0.05, 0.1) is 0 Å². The molecule has 0 unspecified atom stereocenters. The van der Waals surface area contributed by atoms with Crippen molar-refractivity contribution >= 4 is 23.2 Å². The van der Waals surface area contributed by atoms with Gasteiger partial charge in [0.15, 0.2) is 0 Å². The van der Waals surface area contributed by atoms with Gasteiger partial charge < -0.3 is 0 Å². The summed E-state index contributed by atoms with van der Waals surface area (Å²) in [5.74, 6) is 1.39. The topological polar surface area (TPSA) is 6.48 Å². The number of alkyl halides is 2. The highest BCUT2D eigenvalue weighted by atomic mass is 35.5. The van der Waals surface area contributed by atoms with Gasteiger partial charge in [0.25, 0.3) is 0 Å². The lowest BCUT2D eigenvalue weighted by molar-refractivity contribution is -0.0178. The molecule has 0 atom stereocenters. The first kappa shape index (κ1) is 13.6. The minimum absolute atomic E-state index is 0.296. The molecule has 0 aromatic carbocycles. The molecule has 1 aliphatic heterocycles. The molecule has 0 radical (unpaired) electrons. The molecular formula is C11H22Cl2N2. The van der Waals surface area contributed by atoms with E-state index in [1.165, 1.54) is 0 Å². The molecule has 0 aromatic rings. The highest BCUT2D eigenvalue weighted by molar-refractivity contribution is 6.18. The van der Waals surface area contributed by atoms with Crippen LogP contribution in [0.1, 0.15) is 20.8 Å². The third-order valence-corrected chi connectivity index (χ3v) is 3.41. The van der Waals surface area contributed by atoms with E-state index in [0.29, 0.717) is 23.3 Å². The van der Waals surface area contributed by atoms with Gasteiger partial charge >= 0.3 is 0 Å². The van der Waals surface area contributed by atoms with Crippen molar-refractivity contribution in [2.75, 3.05) is 37.9 Å². The molecule has 0 amide bonds. The molecule has 0 aromatic heterocycles. The molecule has 15 heavy (non-hydrogen) atoms. The lowest BCUT2D eigenvalue weighted by atomic mass is 9.96. The van der Waals surface area contributed by atoms with Crippen LogP contribution in [0.5, 0.6) is 0 Å². The second-order valence-electron chi connectivity index (χ2n) is 5.14. The van der Waals surface area contributed by atoms with Crippen LogP contribution in [-0.2, 0) is 0 Å². The van der Waals surface area contributed by atoms with Crippen molar-refractivity contribution in [2.45, 2.75) is 32.4 Å². The summed E-state index contributed by atoms with van der Waals surface area (Å²) in [6, 6.07) is 0.654. The second-order valence-corrected chi connectivity index (χ2v) is 5.90. The fourth-order valence-electron chi connectivity index (χ4n) is 1.93. The average molecular weight is 253 g/mol. The van der Waals surface area contributed by atoms with E-state index in [2.05, 4.69) is 30.6 Å². The number of nitrogens with zero attached hydrogens (tertiary/aromatic N) is 2. The number of hydrogen-bond acceptors (Lipinski definition) is 2. The Morgan fingerprint density at radius 1 is 1.13 bits per heavy atom. The summed E-state index contributed by atoms with van der Waals surface area (Å²) in [5, 5.41) is 0. The Morgan fingerprint density at radius 3 is 1.93 bits per heavy atom. The van der Waals surface area contributed by atoms with Crippen molar-refractivity contribution in [1.29, 1.82) is 0 Å². The normalized spacial score (nSPS) is 19.6. The van der Waals surface area contributed by atoms with Crippen LogP contribution >= 0.6 is 23.2 Å². The fraction of sp³-hybridized carbons (Fsp3) is 1.00. The van der Waals surface area contributed by atoms with Crippen LogP contribution in [0.2, 0.25) is 0 Å². The van der Waals surface area contributed by atoms with Crippen LogP contribution in [0.15, 0.2) is 0 Å². The van der Waals surface area contributed by atoms with Gasteiger partial charge in [-0.2, -0.15) is 0 Å². The third kappa shape index (κ3) is 3.77. The average Bonchev–Trinajstić information content (AvgIpc) is 1.99. The van der Waals surface area contributed by atoms with Gasteiger partial charge in [-0.3, -0.25) is 9.80 Å². The Bertz CT molecular complexity index is 180. The molecule has 0 N–H and O–H groups in total. The Morgan fingerprint density at radius 2 is 1.60 bits per heavy atom. The number of rotatable bonds is 5. The first-order chi connectivity index (χ1) is 6.99. The largest absolute Gasteiger partial charge is 0.295 e. The summed E-state index contributed by atoms with van der Waals surface area (Å²) in [4.78, 5) is 4.90. The minimum atomic E-state index is 0.296. The van der Waals surface area contributed by atoms with Crippen molar-refractivity contribution in [3.63, 3.8) is 0 Å². The first-order valence-corrected chi connectivity index (χ1v) is 6.67. The van der Waals surface area contributed by atoms with E-state index >= 15 is 0 Å². The molecule has 4 heteroatoms. The maximum atomic E-state index is 5.79. The predicted octanol–water partition coefficient (Wildman–Crippen LogP) is 2.25.